The molecule has 6 heteroatoms. The van der Waals surface area contributed by atoms with E-state index in [9.17, 15) is 4.79 Å². The lowest BCUT2D eigenvalue weighted by molar-refractivity contribution is 0.0920. The van der Waals surface area contributed by atoms with Crippen LogP contribution in [0.1, 0.15) is 36.0 Å². The summed E-state index contributed by atoms with van der Waals surface area (Å²) >= 11 is 2.10. The maximum absolute atomic E-state index is 12.1. The Balaban J connectivity index is 2.03. The second kappa shape index (κ2) is 6.33. The predicted molar refractivity (Wildman–Crippen MR) is 76.4 cm³/mol. The Morgan fingerprint density at radius 3 is 2.89 bits per heavy atom. The van der Waals surface area contributed by atoms with Crippen LogP contribution in [0.3, 0.4) is 0 Å². The number of halogens is 1. The molecule has 1 aliphatic rings. The molecule has 1 aromatic heterocycles. The van der Waals surface area contributed by atoms with Gasteiger partial charge in [-0.1, -0.05) is 12.8 Å². The molecule has 0 radical (unpaired) electrons. The number of nitrogens with one attached hydrogen (secondary N) is 2. The van der Waals surface area contributed by atoms with Crippen LogP contribution in [0.4, 0.5) is 0 Å². The zero-order valence-electron chi connectivity index (χ0n) is 10.2. The molecule has 5 nitrogen and oxygen atoms in total. The van der Waals surface area contributed by atoms with Gasteiger partial charge in [-0.05, 0) is 41.5 Å². The van der Waals surface area contributed by atoms with Gasteiger partial charge in [0.05, 0.1) is 7.11 Å². The minimum atomic E-state index is -0.198. The normalized spacial score (nSPS) is 15.7. The molecule has 98 valence electrons. The van der Waals surface area contributed by atoms with Gasteiger partial charge in [-0.2, -0.15) is 0 Å². The summed E-state index contributed by atoms with van der Waals surface area (Å²) in [6, 6.07) is 2.17. The summed E-state index contributed by atoms with van der Waals surface area (Å²) < 4.78 is 5.94. The number of ether oxygens (including phenoxy) is 1. The largest absolute Gasteiger partial charge is 0.480 e. The maximum Gasteiger partial charge on any atom is 0.271 e. The molecule has 2 rings (SSSR count). The highest BCUT2D eigenvalue weighted by Gasteiger charge is 2.19. The molecule has 0 aliphatic heterocycles. The summed E-state index contributed by atoms with van der Waals surface area (Å²) in [5, 5.41) is 0. The van der Waals surface area contributed by atoms with E-state index in [0.29, 0.717) is 17.5 Å². The molecule has 0 unspecified atom stereocenters. The third kappa shape index (κ3) is 3.11. The smallest absolute Gasteiger partial charge is 0.271 e. The number of carbonyl (C=O) groups excluding carboxylic acids is 1. The lowest BCUT2D eigenvalue weighted by atomic mass is 10.2. The summed E-state index contributed by atoms with van der Waals surface area (Å²) in [6.07, 6.45) is 6.30. The van der Waals surface area contributed by atoms with Gasteiger partial charge in [-0.15, -0.1) is 0 Å². The fourth-order valence-corrected chi connectivity index (χ4v) is 2.72. The van der Waals surface area contributed by atoms with Gasteiger partial charge in [0, 0.05) is 15.8 Å². The van der Waals surface area contributed by atoms with Crippen LogP contribution < -0.4 is 15.6 Å². The first-order chi connectivity index (χ1) is 8.72. The predicted octanol–water partition coefficient (Wildman–Crippen LogP) is 1.87. The van der Waals surface area contributed by atoms with Crippen molar-refractivity contribution >= 4 is 28.5 Å². The lowest BCUT2D eigenvalue weighted by Gasteiger charge is -2.14. The molecular formula is C12H16IN3O2. The van der Waals surface area contributed by atoms with Crippen molar-refractivity contribution in [2.45, 2.75) is 31.7 Å². The van der Waals surface area contributed by atoms with Crippen LogP contribution in [-0.4, -0.2) is 24.0 Å². The van der Waals surface area contributed by atoms with E-state index in [0.717, 1.165) is 16.4 Å². The van der Waals surface area contributed by atoms with Crippen LogP contribution in [0, 0.1) is 3.57 Å². The first-order valence-electron chi connectivity index (χ1n) is 5.96. The third-order valence-electron chi connectivity index (χ3n) is 3.03. The van der Waals surface area contributed by atoms with Gasteiger partial charge in [-0.3, -0.25) is 10.2 Å². The summed E-state index contributed by atoms with van der Waals surface area (Å²) in [5.41, 5.74) is 6.29. The molecule has 1 aromatic rings. The molecule has 0 aromatic carbocycles. The van der Waals surface area contributed by atoms with Crippen LogP contribution in [0.5, 0.6) is 5.88 Å². The molecule has 1 aliphatic carbocycles. The number of hydrazine groups is 1. The van der Waals surface area contributed by atoms with Crippen molar-refractivity contribution in [3.8, 4) is 5.88 Å². The van der Waals surface area contributed by atoms with Crippen molar-refractivity contribution in [1.29, 1.82) is 0 Å². The van der Waals surface area contributed by atoms with Gasteiger partial charge in [0.15, 0.2) is 0 Å². The first kappa shape index (κ1) is 13.5. The zero-order valence-corrected chi connectivity index (χ0v) is 12.4. The molecule has 0 bridgehead atoms. The number of aromatic nitrogens is 1. The standard InChI is InChI=1S/C12H16IN3O2/c1-18-12-10(9(13)6-7-14-12)11(17)16-15-8-4-2-3-5-8/h6-8,15H,2-5H2,1H3,(H,16,17). The molecule has 1 amide bonds. The van der Waals surface area contributed by atoms with Crippen molar-refractivity contribution in [2.75, 3.05) is 7.11 Å². The van der Waals surface area contributed by atoms with Crippen molar-refractivity contribution in [3.63, 3.8) is 0 Å². The summed E-state index contributed by atoms with van der Waals surface area (Å²) in [4.78, 5) is 16.1. The first-order valence-corrected chi connectivity index (χ1v) is 7.04. The number of nitrogens with zero attached hydrogens (tertiary/aromatic N) is 1. The lowest BCUT2D eigenvalue weighted by Crippen LogP contribution is -2.43. The van der Waals surface area contributed by atoms with E-state index in [1.807, 2.05) is 0 Å². The van der Waals surface area contributed by atoms with Crippen LogP contribution in [-0.2, 0) is 0 Å². The highest BCUT2D eigenvalue weighted by atomic mass is 127. The van der Waals surface area contributed by atoms with E-state index in [-0.39, 0.29) is 5.91 Å². The van der Waals surface area contributed by atoms with Crippen molar-refractivity contribution in [2.24, 2.45) is 0 Å². The molecule has 0 spiro atoms. The Morgan fingerprint density at radius 2 is 2.22 bits per heavy atom. The van der Waals surface area contributed by atoms with Crippen molar-refractivity contribution < 1.29 is 9.53 Å². The minimum Gasteiger partial charge on any atom is -0.480 e. The van der Waals surface area contributed by atoms with E-state index in [4.69, 9.17) is 4.74 Å². The number of rotatable bonds is 4. The fourth-order valence-electron chi connectivity index (χ4n) is 2.08. The molecule has 0 saturated heterocycles. The third-order valence-corrected chi connectivity index (χ3v) is 3.93. The number of hydrogen-bond donors (Lipinski definition) is 2. The summed E-state index contributed by atoms with van der Waals surface area (Å²) in [6.45, 7) is 0. The van der Waals surface area contributed by atoms with Gasteiger partial charge in [0.2, 0.25) is 5.88 Å². The number of hydrogen-bond acceptors (Lipinski definition) is 4. The fraction of sp³-hybridized carbons (Fsp3) is 0.500. The number of carbonyl (C=O) groups is 1. The topological polar surface area (TPSA) is 63.2 Å². The summed E-state index contributed by atoms with van der Waals surface area (Å²) in [7, 11) is 1.51. The highest BCUT2D eigenvalue weighted by molar-refractivity contribution is 14.1. The van der Waals surface area contributed by atoms with E-state index >= 15 is 0 Å². The second-order valence-corrected chi connectivity index (χ2v) is 5.42. The molecule has 18 heavy (non-hydrogen) atoms. The Morgan fingerprint density at radius 1 is 1.50 bits per heavy atom. The van der Waals surface area contributed by atoms with E-state index in [1.54, 1.807) is 12.3 Å². The van der Waals surface area contributed by atoms with Crippen LogP contribution in [0.25, 0.3) is 0 Å². The SMILES string of the molecule is COc1nccc(I)c1C(=O)NNC1CCCC1. The highest BCUT2D eigenvalue weighted by Crippen LogP contribution is 2.21. The Hall–Kier alpha value is -0.890. The van der Waals surface area contributed by atoms with Crippen LogP contribution in [0.15, 0.2) is 12.3 Å². The molecular weight excluding hydrogens is 345 g/mol. The second-order valence-electron chi connectivity index (χ2n) is 4.26. The van der Waals surface area contributed by atoms with Gasteiger partial charge >= 0.3 is 0 Å². The molecule has 0 atom stereocenters. The maximum atomic E-state index is 12.1. The van der Waals surface area contributed by atoms with Gasteiger partial charge in [0.25, 0.3) is 5.91 Å². The van der Waals surface area contributed by atoms with Gasteiger partial charge in [-0.25, -0.2) is 10.4 Å². The Kier molecular flexibility index (Phi) is 4.76. The van der Waals surface area contributed by atoms with Gasteiger partial charge < -0.3 is 4.74 Å². The van der Waals surface area contributed by atoms with Crippen LogP contribution in [0.2, 0.25) is 0 Å². The van der Waals surface area contributed by atoms with Crippen molar-refractivity contribution in [3.05, 3.63) is 21.4 Å². The molecule has 1 fully saturated rings. The van der Waals surface area contributed by atoms with Crippen LogP contribution >= 0.6 is 22.6 Å². The summed E-state index contributed by atoms with van der Waals surface area (Å²) in [5.74, 6) is 0.156. The number of methoxy groups -OCH3 is 1. The van der Waals surface area contributed by atoms with E-state index in [1.165, 1.54) is 20.0 Å². The van der Waals surface area contributed by atoms with E-state index < -0.39 is 0 Å². The molecule has 1 saturated carbocycles. The average molecular weight is 361 g/mol. The zero-order chi connectivity index (χ0) is 13.0. The van der Waals surface area contributed by atoms with Crippen molar-refractivity contribution in [1.82, 2.24) is 15.8 Å². The van der Waals surface area contributed by atoms with E-state index in [2.05, 4.69) is 38.4 Å². The Bertz CT molecular complexity index is 433. The Labute approximate surface area is 120 Å². The molecule has 1 heterocycles. The monoisotopic (exact) mass is 361 g/mol. The number of amides is 1. The average Bonchev–Trinajstić information content (AvgIpc) is 2.88. The van der Waals surface area contributed by atoms with Gasteiger partial charge in [0.1, 0.15) is 5.56 Å². The molecule has 2 N–H and O–H groups in total. The quantitative estimate of drug-likeness (QED) is 0.635. The number of pyridine rings is 1. The minimum absolute atomic E-state index is 0.198.